The summed E-state index contributed by atoms with van der Waals surface area (Å²) in [6.45, 7) is 3.74. The van der Waals surface area contributed by atoms with Crippen molar-refractivity contribution in [3.05, 3.63) is 35.9 Å². The van der Waals surface area contributed by atoms with Crippen LogP contribution in [0.25, 0.3) is 0 Å². The second-order valence-corrected chi connectivity index (χ2v) is 7.00. The molecule has 5 atom stereocenters. The highest BCUT2D eigenvalue weighted by Gasteiger charge is 2.70. The molecule has 3 aliphatic rings. The largest absolute Gasteiger partial charge is 0.456 e. The van der Waals surface area contributed by atoms with E-state index in [-0.39, 0.29) is 24.3 Å². The van der Waals surface area contributed by atoms with Crippen LogP contribution in [0.1, 0.15) is 37.0 Å². The van der Waals surface area contributed by atoms with Crippen LogP contribution in [0.2, 0.25) is 0 Å². The number of hydrogen-bond donors (Lipinski definition) is 0. The first-order valence-electron chi connectivity index (χ1n) is 8.27. The fourth-order valence-electron chi connectivity index (χ4n) is 3.84. The first kappa shape index (κ1) is 16.0. The molecule has 2 unspecified atom stereocenters. The van der Waals surface area contributed by atoms with Crippen LogP contribution in [0, 0.1) is 0 Å². The Morgan fingerprint density at radius 3 is 2.54 bits per heavy atom. The minimum absolute atomic E-state index is 0.306. The number of benzene rings is 1. The van der Waals surface area contributed by atoms with Crippen LogP contribution in [0.3, 0.4) is 0 Å². The molecule has 1 aromatic rings. The zero-order valence-electron chi connectivity index (χ0n) is 14.1. The van der Waals surface area contributed by atoms with Gasteiger partial charge in [0.2, 0.25) is 0 Å². The van der Waals surface area contributed by atoms with Gasteiger partial charge in [-0.05, 0) is 38.8 Å². The molecule has 130 valence electrons. The summed E-state index contributed by atoms with van der Waals surface area (Å²) in [5.41, 5.74) is -0.162. The molecule has 0 bridgehead atoms. The van der Waals surface area contributed by atoms with Crippen LogP contribution >= 0.6 is 0 Å². The van der Waals surface area contributed by atoms with E-state index < -0.39 is 17.7 Å². The van der Waals surface area contributed by atoms with Crippen molar-refractivity contribution in [2.24, 2.45) is 0 Å². The molecular formula is C18H22O6. The quantitative estimate of drug-likeness (QED) is 0.790. The molecule has 0 amide bonds. The fraction of sp³-hybridized carbons (Fsp3) is 0.611. The summed E-state index contributed by atoms with van der Waals surface area (Å²) in [4.78, 5) is 12.4. The lowest BCUT2D eigenvalue weighted by Gasteiger charge is -2.47. The van der Waals surface area contributed by atoms with Crippen LogP contribution in [0.5, 0.6) is 0 Å². The Hall–Kier alpha value is -1.47. The normalized spacial score (nSPS) is 39.5. The third-order valence-electron chi connectivity index (χ3n) is 5.05. The van der Waals surface area contributed by atoms with E-state index in [1.807, 2.05) is 32.0 Å². The lowest BCUT2D eigenvalue weighted by molar-refractivity contribution is -0.288. The van der Waals surface area contributed by atoms with Gasteiger partial charge in [0.05, 0.1) is 5.56 Å². The zero-order chi connectivity index (χ0) is 16.9. The fourth-order valence-corrected chi connectivity index (χ4v) is 3.84. The molecule has 1 aliphatic carbocycles. The van der Waals surface area contributed by atoms with E-state index in [4.69, 9.17) is 23.7 Å². The first-order valence-corrected chi connectivity index (χ1v) is 8.27. The summed E-state index contributed by atoms with van der Waals surface area (Å²) in [5, 5.41) is 0. The Morgan fingerprint density at radius 2 is 1.92 bits per heavy atom. The monoisotopic (exact) mass is 334 g/mol. The number of rotatable bonds is 3. The summed E-state index contributed by atoms with van der Waals surface area (Å²) in [6.07, 6.45) is -0.0178. The van der Waals surface area contributed by atoms with E-state index in [0.717, 1.165) is 12.8 Å². The van der Waals surface area contributed by atoms with Gasteiger partial charge in [0.15, 0.2) is 12.1 Å². The van der Waals surface area contributed by atoms with Gasteiger partial charge in [-0.3, -0.25) is 0 Å². The van der Waals surface area contributed by atoms with Gasteiger partial charge in [0.1, 0.15) is 23.9 Å². The molecule has 3 fully saturated rings. The van der Waals surface area contributed by atoms with E-state index in [2.05, 4.69) is 0 Å². The van der Waals surface area contributed by atoms with Crippen LogP contribution < -0.4 is 0 Å². The Balaban J connectivity index is 1.54. The second kappa shape index (κ2) is 5.52. The average Bonchev–Trinajstić information content (AvgIpc) is 3.04. The van der Waals surface area contributed by atoms with E-state index in [0.29, 0.717) is 5.56 Å². The van der Waals surface area contributed by atoms with Crippen molar-refractivity contribution in [2.75, 3.05) is 7.11 Å². The SMILES string of the molecule is COC1O[C@@]2(CC[C@@H]2OC(=O)c2ccccc2)[C@@H]2OC(C)(C)OC12. The first-order chi connectivity index (χ1) is 11.5. The van der Waals surface area contributed by atoms with E-state index >= 15 is 0 Å². The van der Waals surface area contributed by atoms with Crippen LogP contribution in [-0.4, -0.2) is 49.1 Å². The molecule has 1 aromatic carbocycles. The number of methoxy groups -OCH3 is 1. The number of carbonyl (C=O) groups excluding carboxylic acids is 1. The lowest BCUT2D eigenvalue weighted by Crippen LogP contribution is -2.61. The van der Waals surface area contributed by atoms with Crippen molar-refractivity contribution in [1.82, 2.24) is 0 Å². The van der Waals surface area contributed by atoms with E-state index in [1.54, 1.807) is 19.2 Å². The van der Waals surface area contributed by atoms with Gasteiger partial charge in [0.25, 0.3) is 0 Å². The molecule has 2 heterocycles. The third kappa shape index (κ3) is 2.37. The maximum Gasteiger partial charge on any atom is 0.338 e. The molecule has 0 aromatic heterocycles. The van der Waals surface area contributed by atoms with Crippen molar-refractivity contribution < 1.29 is 28.5 Å². The molecule has 2 aliphatic heterocycles. The minimum atomic E-state index is -0.702. The minimum Gasteiger partial charge on any atom is -0.456 e. The molecule has 6 heteroatoms. The molecule has 2 saturated heterocycles. The maximum atomic E-state index is 12.4. The number of fused-ring (bicyclic) bond motifs is 2. The standard InChI is InChI=1S/C18H22O6/c1-17(2)22-13-14(23-17)18(24-16(13)20-3)10-9-12(18)21-15(19)11-7-5-4-6-8-11/h4-8,12-14,16H,9-10H2,1-3H3/t12-,13?,14+,16?,18+/m0/s1. The molecule has 6 nitrogen and oxygen atoms in total. The van der Waals surface area contributed by atoms with Gasteiger partial charge in [0, 0.05) is 7.11 Å². The summed E-state index contributed by atoms with van der Waals surface area (Å²) in [5.74, 6) is -1.05. The highest BCUT2D eigenvalue weighted by atomic mass is 16.8. The molecule has 24 heavy (non-hydrogen) atoms. The Kier molecular flexibility index (Phi) is 3.69. The number of carbonyl (C=O) groups is 1. The number of hydrogen-bond acceptors (Lipinski definition) is 6. The Bertz CT molecular complexity index is 630. The summed E-state index contributed by atoms with van der Waals surface area (Å²) in [6, 6.07) is 8.96. The zero-order valence-corrected chi connectivity index (χ0v) is 14.1. The summed E-state index contributed by atoms with van der Waals surface area (Å²) < 4.78 is 29.2. The molecule has 4 rings (SSSR count). The Morgan fingerprint density at radius 1 is 1.17 bits per heavy atom. The molecule has 1 saturated carbocycles. The Labute approximate surface area is 141 Å². The second-order valence-electron chi connectivity index (χ2n) is 7.00. The van der Waals surface area contributed by atoms with E-state index in [1.165, 1.54) is 0 Å². The van der Waals surface area contributed by atoms with Gasteiger partial charge in [-0.2, -0.15) is 0 Å². The summed E-state index contributed by atoms with van der Waals surface area (Å²) >= 11 is 0. The van der Waals surface area contributed by atoms with Gasteiger partial charge in [-0.15, -0.1) is 0 Å². The van der Waals surface area contributed by atoms with Gasteiger partial charge >= 0.3 is 5.97 Å². The topological polar surface area (TPSA) is 63.2 Å². The van der Waals surface area contributed by atoms with Crippen LogP contribution in [0.15, 0.2) is 30.3 Å². The van der Waals surface area contributed by atoms with Crippen molar-refractivity contribution in [3.63, 3.8) is 0 Å². The van der Waals surface area contributed by atoms with Crippen molar-refractivity contribution in [2.45, 2.75) is 62.7 Å². The number of ether oxygens (including phenoxy) is 5. The lowest BCUT2D eigenvalue weighted by atomic mass is 9.72. The smallest absolute Gasteiger partial charge is 0.338 e. The summed E-state index contributed by atoms with van der Waals surface area (Å²) in [7, 11) is 1.58. The predicted octanol–water partition coefficient (Wildman–Crippen LogP) is 2.27. The third-order valence-corrected chi connectivity index (χ3v) is 5.05. The van der Waals surface area contributed by atoms with Crippen LogP contribution in [-0.2, 0) is 23.7 Å². The predicted molar refractivity (Wildman–Crippen MR) is 83.3 cm³/mol. The highest BCUT2D eigenvalue weighted by molar-refractivity contribution is 5.89. The number of esters is 1. The van der Waals surface area contributed by atoms with E-state index in [9.17, 15) is 4.79 Å². The van der Waals surface area contributed by atoms with Crippen LogP contribution in [0.4, 0.5) is 0 Å². The molecule has 0 radical (unpaired) electrons. The molecular weight excluding hydrogens is 312 g/mol. The van der Waals surface area contributed by atoms with Gasteiger partial charge in [-0.1, -0.05) is 18.2 Å². The average molecular weight is 334 g/mol. The van der Waals surface area contributed by atoms with Gasteiger partial charge < -0.3 is 23.7 Å². The van der Waals surface area contributed by atoms with Crippen molar-refractivity contribution in [1.29, 1.82) is 0 Å². The van der Waals surface area contributed by atoms with Crippen molar-refractivity contribution >= 4 is 5.97 Å². The molecule has 0 N–H and O–H groups in total. The van der Waals surface area contributed by atoms with Crippen molar-refractivity contribution in [3.8, 4) is 0 Å². The molecule has 1 spiro atoms. The maximum absolute atomic E-state index is 12.4. The highest BCUT2D eigenvalue weighted by Crippen LogP contribution is 2.54. The van der Waals surface area contributed by atoms with Gasteiger partial charge in [-0.25, -0.2) is 4.79 Å².